The molecule has 1 aromatic carbocycles. The van der Waals surface area contributed by atoms with Crippen LogP contribution in [0, 0.1) is 0 Å². The van der Waals surface area contributed by atoms with E-state index in [1.807, 2.05) is 12.1 Å². The first-order valence-corrected chi connectivity index (χ1v) is 8.16. The van der Waals surface area contributed by atoms with Crippen molar-refractivity contribution >= 4 is 5.91 Å². The molecule has 0 bridgehead atoms. The smallest absolute Gasteiger partial charge is 0.257 e. The summed E-state index contributed by atoms with van der Waals surface area (Å²) in [6, 6.07) is 7.24. The van der Waals surface area contributed by atoms with Crippen molar-refractivity contribution in [2.45, 2.75) is 18.9 Å². The van der Waals surface area contributed by atoms with E-state index in [4.69, 9.17) is 14.2 Å². The van der Waals surface area contributed by atoms with Gasteiger partial charge in [-0.15, -0.1) is 0 Å². The van der Waals surface area contributed by atoms with Crippen molar-refractivity contribution in [3.05, 3.63) is 42.2 Å². The van der Waals surface area contributed by atoms with Gasteiger partial charge >= 0.3 is 0 Å². The van der Waals surface area contributed by atoms with Gasteiger partial charge in [0, 0.05) is 6.54 Å². The van der Waals surface area contributed by atoms with Crippen LogP contribution in [0.5, 0.6) is 17.5 Å². The van der Waals surface area contributed by atoms with Crippen molar-refractivity contribution in [3.8, 4) is 17.5 Å². The Morgan fingerprint density at radius 1 is 1.16 bits per heavy atom. The molecule has 1 amide bonds. The van der Waals surface area contributed by atoms with Crippen molar-refractivity contribution in [1.82, 2.24) is 14.9 Å². The molecule has 0 N–H and O–H groups in total. The molecular weight excluding hydrogens is 322 g/mol. The third kappa shape index (κ3) is 3.99. The van der Waals surface area contributed by atoms with Crippen LogP contribution < -0.4 is 14.2 Å². The summed E-state index contributed by atoms with van der Waals surface area (Å²) in [4.78, 5) is 22.9. The van der Waals surface area contributed by atoms with E-state index in [1.54, 1.807) is 30.3 Å². The van der Waals surface area contributed by atoms with Crippen molar-refractivity contribution in [2.75, 3.05) is 27.3 Å². The van der Waals surface area contributed by atoms with Gasteiger partial charge in [-0.3, -0.25) is 9.78 Å². The molecule has 0 aliphatic carbocycles. The highest BCUT2D eigenvalue weighted by Crippen LogP contribution is 2.23. The summed E-state index contributed by atoms with van der Waals surface area (Å²) < 4.78 is 16.2. The molecule has 1 fully saturated rings. The number of methoxy groups -OCH3 is 2. The Morgan fingerprint density at radius 3 is 2.76 bits per heavy atom. The molecule has 1 aliphatic rings. The summed E-state index contributed by atoms with van der Waals surface area (Å²) in [6.07, 6.45) is 4.65. The lowest BCUT2D eigenvalue weighted by atomic mass is 10.1. The summed E-state index contributed by atoms with van der Waals surface area (Å²) in [5.41, 5.74) is 0.562. The lowest BCUT2D eigenvalue weighted by Crippen LogP contribution is -2.44. The number of piperidine rings is 1. The highest BCUT2D eigenvalue weighted by atomic mass is 16.5. The zero-order valence-corrected chi connectivity index (χ0v) is 14.3. The molecule has 2 aromatic rings. The van der Waals surface area contributed by atoms with Crippen LogP contribution in [0.3, 0.4) is 0 Å². The number of likely N-dealkylation sites (tertiary alicyclic amines) is 1. The molecule has 1 saturated heterocycles. The summed E-state index contributed by atoms with van der Waals surface area (Å²) >= 11 is 0. The van der Waals surface area contributed by atoms with Crippen molar-refractivity contribution < 1.29 is 19.0 Å². The van der Waals surface area contributed by atoms with Crippen LogP contribution in [0.2, 0.25) is 0 Å². The molecule has 0 spiro atoms. The van der Waals surface area contributed by atoms with Crippen LogP contribution in [0.15, 0.2) is 36.7 Å². The van der Waals surface area contributed by atoms with Gasteiger partial charge in [0.05, 0.1) is 38.7 Å². The number of amides is 1. The number of hydrogen-bond donors (Lipinski definition) is 0. The number of para-hydroxylation sites is 1. The number of carbonyl (C=O) groups is 1. The fourth-order valence-electron chi connectivity index (χ4n) is 2.87. The van der Waals surface area contributed by atoms with Crippen LogP contribution in [0.25, 0.3) is 0 Å². The number of rotatable bonds is 5. The van der Waals surface area contributed by atoms with Gasteiger partial charge in [-0.05, 0) is 25.0 Å². The highest BCUT2D eigenvalue weighted by Gasteiger charge is 2.27. The second-order valence-corrected chi connectivity index (χ2v) is 5.73. The normalized spacial score (nSPS) is 17.0. The predicted octanol–water partition coefficient (Wildman–Crippen LogP) is 2.18. The predicted molar refractivity (Wildman–Crippen MR) is 91.1 cm³/mol. The van der Waals surface area contributed by atoms with Crippen LogP contribution in [-0.2, 0) is 0 Å². The third-order valence-electron chi connectivity index (χ3n) is 4.09. The molecule has 25 heavy (non-hydrogen) atoms. The minimum absolute atomic E-state index is 0.0533. The van der Waals surface area contributed by atoms with E-state index >= 15 is 0 Å². The van der Waals surface area contributed by atoms with Crippen LogP contribution in [0.1, 0.15) is 23.2 Å². The number of hydrogen-bond acceptors (Lipinski definition) is 6. The Morgan fingerprint density at radius 2 is 1.96 bits per heavy atom. The molecule has 7 heteroatoms. The van der Waals surface area contributed by atoms with Gasteiger partial charge in [0.15, 0.2) is 0 Å². The minimum Gasteiger partial charge on any atom is -0.496 e. The maximum absolute atomic E-state index is 12.8. The van der Waals surface area contributed by atoms with E-state index in [-0.39, 0.29) is 12.0 Å². The summed E-state index contributed by atoms with van der Waals surface area (Å²) in [6.45, 7) is 1.19. The molecule has 0 saturated carbocycles. The molecule has 0 radical (unpaired) electrons. The van der Waals surface area contributed by atoms with Crippen molar-refractivity contribution in [3.63, 3.8) is 0 Å². The number of ether oxygens (including phenoxy) is 3. The lowest BCUT2D eigenvalue weighted by molar-refractivity contribution is 0.0522. The number of aromatic nitrogens is 2. The summed E-state index contributed by atoms with van der Waals surface area (Å²) in [7, 11) is 3.09. The van der Waals surface area contributed by atoms with E-state index in [9.17, 15) is 4.79 Å². The highest BCUT2D eigenvalue weighted by molar-refractivity contribution is 5.97. The van der Waals surface area contributed by atoms with Crippen LogP contribution in [0.4, 0.5) is 0 Å². The molecule has 3 rings (SSSR count). The molecule has 2 heterocycles. The summed E-state index contributed by atoms with van der Waals surface area (Å²) in [5.74, 6) is 1.32. The zero-order chi connectivity index (χ0) is 17.6. The SMILES string of the molecule is COc1cncc(OC2CCCN(C(=O)c3ccccc3OC)C2)n1. The van der Waals surface area contributed by atoms with E-state index in [0.717, 1.165) is 12.8 Å². The number of nitrogens with zero attached hydrogens (tertiary/aromatic N) is 3. The molecule has 132 valence electrons. The molecule has 7 nitrogen and oxygen atoms in total. The number of benzene rings is 1. The van der Waals surface area contributed by atoms with Gasteiger partial charge in [-0.25, -0.2) is 0 Å². The first-order valence-electron chi connectivity index (χ1n) is 8.16. The van der Waals surface area contributed by atoms with Crippen LogP contribution in [-0.4, -0.2) is 54.2 Å². The topological polar surface area (TPSA) is 73.8 Å². The van der Waals surface area contributed by atoms with E-state index in [1.165, 1.54) is 13.3 Å². The fraction of sp³-hybridized carbons (Fsp3) is 0.389. The second kappa shape index (κ2) is 7.83. The Kier molecular flexibility index (Phi) is 5.33. The molecule has 1 unspecified atom stereocenters. The molecule has 1 aliphatic heterocycles. The standard InChI is InChI=1S/C18H21N3O4/c1-23-15-8-4-3-7-14(15)18(22)21-9-5-6-13(12-21)25-17-11-19-10-16(20-17)24-2/h3-4,7-8,10-11,13H,5-6,9,12H2,1-2H3. The van der Waals surface area contributed by atoms with E-state index < -0.39 is 0 Å². The van der Waals surface area contributed by atoms with Gasteiger partial charge in [0.2, 0.25) is 11.8 Å². The summed E-state index contributed by atoms with van der Waals surface area (Å²) in [5, 5.41) is 0. The Labute approximate surface area is 146 Å². The van der Waals surface area contributed by atoms with Crippen LogP contribution >= 0.6 is 0 Å². The average molecular weight is 343 g/mol. The monoisotopic (exact) mass is 343 g/mol. The Bertz CT molecular complexity index is 738. The lowest BCUT2D eigenvalue weighted by Gasteiger charge is -2.32. The molecule has 1 atom stereocenters. The first-order chi connectivity index (χ1) is 12.2. The third-order valence-corrected chi connectivity index (χ3v) is 4.09. The maximum atomic E-state index is 12.8. The largest absolute Gasteiger partial charge is 0.496 e. The van der Waals surface area contributed by atoms with Gasteiger partial charge in [0.1, 0.15) is 11.9 Å². The van der Waals surface area contributed by atoms with E-state index in [2.05, 4.69) is 9.97 Å². The van der Waals surface area contributed by atoms with Crippen molar-refractivity contribution in [2.24, 2.45) is 0 Å². The Balaban J connectivity index is 1.69. The first kappa shape index (κ1) is 17.0. The second-order valence-electron chi connectivity index (χ2n) is 5.73. The number of carbonyl (C=O) groups excluding carboxylic acids is 1. The van der Waals surface area contributed by atoms with Gasteiger partial charge in [0.25, 0.3) is 5.91 Å². The van der Waals surface area contributed by atoms with Gasteiger partial charge in [-0.1, -0.05) is 12.1 Å². The maximum Gasteiger partial charge on any atom is 0.257 e. The van der Waals surface area contributed by atoms with Gasteiger partial charge < -0.3 is 19.1 Å². The molecule has 1 aromatic heterocycles. The average Bonchev–Trinajstić information content (AvgIpc) is 2.67. The molecular formula is C18H21N3O4. The van der Waals surface area contributed by atoms with Crippen molar-refractivity contribution in [1.29, 1.82) is 0 Å². The van der Waals surface area contributed by atoms with Gasteiger partial charge in [-0.2, -0.15) is 4.98 Å². The zero-order valence-electron chi connectivity index (χ0n) is 14.3. The quantitative estimate of drug-likeness (QED) is 0.828. The van der Waals surface area contributed by atoms with E-state index in [0.29, 0.717) is 36.2 Å². The fourth-order valence-corrected chi connectivity index (χ4v) is 2.87. The Hall–Kier alpha value is -2.83. The minimum atomic E-state index is -0.131.